The minimum atomic E-state index is -0.0566. The van der Waals surface area contributed by atoms with E-state index >= 15 is 0 Å². The molecule has 2 aliphatic rings. The third-order valence-corrected chi connectivity index (χ3v) is 7.72. The summed E-state index contributed by atoms with van der Waals surface area (Å²) in [6.07, 6.45) is 7.83. The van der Waals surface area contributed by atoms with E-state index in [1.807, 2.05) is 6.20 Å². The molecule has 1 aromatic rings. The zero-order chi connectivity index (χ0) is 27.5. The van der Waals surface area contributed by atoms with Gasteiger partial charge in [0.2, 0.25) is 5.88 Å². The molecular weight excluding hydrogens is 460 g/mol. The monoisotopic (exact) mass is 516 g/mol. The maximum absolute atomic E-state index is 6.13. The molecule has 37 heavy (non-hydrogen) atoms. The average Bonchev–Trinajstić information content (AvgIpc) is 3.16. The highest BCUT2D eigenvalue weighted by Gasteiger charge is 2.34. The van der Waals surface area contributed by atoms with Crippen molar-refractivity contribution in [1.82, 2.24) is 20.5 Å². The fraction of sp³-hybridized carbons (Fsp3) is 0.839. The van der Waals surface area contributed by atoms with E-state index < -0.39 is 0 Å². The summed E-state index contributed by atoms with van der Waals surface area (Å²) in [6.45, 7) is 26.5. The quantitative estimate of drug-likeness (QED) is 0.372. The smallest absolute Gasteiger partial charge is 0.213 e. The Balaban J connectivity index is 1.40. The molecule has 212 valence electrons. The van der Waals surface area contributed by atoms with Crippen LogP contribution in [0.5, 0.6) is 5.88 Å². The molecule has 3 rings (SSSR count). The lowest BCUT2D eigenvalue weighted by Gasteiger charge is -2.39. The lowest BCUT2D eigenvalue weighted by molar-refractivity contribution is -0.0111. The molecule has 1 saturated heterocycles. The van der Waals surface area contributed by atoms with Crippen LogP contribution in [-0.2, 0) is 10.2 Å². The third-order valence-electron chi connectivity index (χ3n) is 7.72. The topological polar surface area (TPSA) is 58.7 Å². The van der Waals surface area contributed by atoms with Crippen LogP contribution in [0.1, 0.15) is 107 Å². The molecule has 0 radical (unpaired) electrons. The minimum Gasteiger partial charge on any atom is -0.474 e. The van der Waals surface area contributed by atoms with Crippen LogP contribution < -0.4 is 15.4 Å². The number of nitrogens with zero attached hydrogens (tertiary/aromatic N) is 2. The number of likely N-dealkylation sites (tertiary alicyclic amines) is 1. The second-order valence-electron chi connectivity index (χ2n) is 14.8. The Morgan fingerprint density at radius 2 is 1.62 bits per heavy atom. The molecule has 6 nitrogen and oxygen atoms in total. The number of hydrogen-bond donors (Lipinski definition) is 2. The predicted molar refractivity (Wildman–Crippen MR) is 155 cm³/mol. The van der Waals surface area contributed by atoms with Gasteiger partial charge in [-0.15, -0.1) is 0 Å². The summed E-state index contributed by atoms with van der Waals surface area (Å²) in [6, 6.07) is 5.37. The van der Waals surface area contributed by atoms with Crippen molar-refractivity contribution in [1.29, 1.82) is 0 Å². The summed E-state index contributed by atoms with van der Waals surface area (Å²) in [5, 5.41) is 7.60. The van der Waals surface area contributed by atoms with Crippen molar-refractivity contribution < 1.29 is 9.47 Å². The number of ether oxygens (including phenoxy) is 2. The van der Waals surface area contributed by atoms with Crippen molar-refractivity contribution in [2.24, 2.45) is 0 Å². The molecule has 1 aliphatic carbocycles. The van der Waals surface area contributed by atoms with E-state index in [-0.39, 0.29) is 28.2 Å². The van der Waals surface area contributed by atoms with Crippen LogP contribution in [0.15, 0.2) is 18.3 Å². The second kappa shape index (κ2) is 11.9. The average molecular weight is 517 g/mol. The van der Waals surface area contributed by atoms with Crippen molar-refractivity contribution in [3.63, 3.8) is 0 Å². The Hall–Kier alpha value is -1.21. The van der Waals surface area contributed by atoms with Gasteiger partial charge >= 0.3 is 0 Å². The number of rotatable bonds is 12. The summed E-state index contributed by atoms with van der Waals surface area (Å²) >= 11 is 0. The first-order valence-electron chi connectivity index (χ1n) is 14.5. The second-order valence-corrected chi connectivity index (χ2v) is 14.8. The van der Waals surface area contributed by atoms with Crippen molar-refractivity contribution in [3.05, 3.63) is 23.9 Å². The van der Waals surface area contributed by atoms with E-state index in [0.717, 1.165) is 57.8 Å². The largest absolute Gasteiger partial charge is 0.474 e. The van der Waals surface area contributed by atoms with Crippen LogP contribution in [0.3, 0.4) is 0 Å². The number of pyridine rings is 1. The van der Waals surface area contributed by atoms with Crippen LogP contribution in [0.4, 0.5) is 0 Å². The number of nitrogens with one attached hydrogen (secondary N) is 2. The molecular formula is C31H56N4O2. The summed E-state index contributed by atoms with van der Waals surface area (Å²) in [5.41, 5.74) is 1.54. The van der Waals surface area contributed by atoms with Gasteiger partial charge in [-0.3, -0.25) is 4.90 Å². The van der Waals surface area contributed by atoms with Gasteiger partial charge in [0, 0.05) is 48.5 Å². The van der Waals surface area contributed by atoms with Crippen LogP contribution in [0.25, 0.3) is 0 Å². The van der Waals surface area contributed by atoms with Crippen LogP contribution >= 0.6 is 0 Å². The molecule has 0 unspecified atom stereocenters. The first-order chi connectivity index (χ1) is 17.0. The molecule has 0 aromatic carbocycles. The zero-order valence-electron chi connectivity index (χ0n) is 25.5. The number of aromatic nitrogens is 1. The van der Waals surface area contributed by atoms with E-state index in [9.17, 15) is 0 Å². The van der Waals surface area contributed by atoms with E-state index in [0.29, 0.717) is 12.1 Å². The molecule has 2 fully saturated rings. The third kappa shape index (κ3) is 10.5. The van der Waals surface area contributed by atoms with E-state index in [1.54, 1.807) is 0 Å². The summed E-state index contributed by atoms with van der Waals surface area (Å²) < 4.78 is 12.1. The van der Waals surface area contributed by atoms with E-state index in [4.69, 9.17) is 9.47 Å². The van der Waals surface area contributed by atoms with Crippen LogP contribution in [0.2, 0.25) is 0 Å². The highest BCUT2D eigenvalue weighted by Crippen LogP contribution is 2.33. The molecule has 2 heterocycles. The summed E-state index contributed by atoms with van der Waals surface area (Å²) in [7, 11) is 0. The van der Waals surface area contributed by atoms with Gasteiger partial charge in [-0.25, -0.2) is 4.98 Å². The standard InChI is InChI=1S/C31H56N4O2/c1-28(2,3)33-25-19-26(20-25)37-27-12-11-23(21-32-27)30(7,8)14-15-31(9,10)34-24-13-16-35(22-24)17-18-36-29(4,5)6/h11-12,21,24-26,33-34H,13-20,22H2,1-10H3/t24-,25-,26-/m0/s1. The normalized spacial score (nSPS) is 23.8. The van der Waals surface area contributed by atoms with Crippen LogP contribution in [-0.4, -0.2) is 71.0 Å². The van der Waals surface area contributed by atoms with E-state index in [2.05, 4.69) is 102 Å². The lowest BCUT2D eigenvalue weighted by Crippen LogP contribution is -2.53. The van der Waals surface area contributed by atoms with Gasteiger partial charge < -0.3 is 20.1 Å². The Morgan fingerprint density at radius 3 is 2.22 bits per heavy atom. The molecule has 0 amide bonds. The molecule has 1 saturated carbocycles. The van der Waals surface area contributed by atoms with Crippen molar-refractivity contribution >= 4 is 0 Å². The van der Waals surface area contributed by atoms with Crippen molar-refractivity contribution in [3.8, 4) is 5.88 Å². The molecule has 1 aromatic heterocycles. The Morgan fingerprint density at radius 1 is 0.919 bits per heavy atom. The Labute approximate surface area is 227 Å². The maximum atomic E-state index is 6.13. The molecule has 1 atom stereocenters. The van der Waals surface area contributed by atoms with Gasteiger partial charge in [0.25, 0.3) is 0 Å². The van der Waals surface area contributed by atoms with Gasteiger partial charge in [0.15, 0.2) is 0 Å². The molecule has 0 spiro atoms. The van der Waals surface area contributed by atoms with Crippen LogP contribution in [0, 0.1) is 0 Å². The molecule has 1 aliphatic heterocycles. The molecule has 0 bridgehead atoms. The van der Waals surface area contributed by atoms with Gasteiger partial charge in [-0.05, 0) is 105 Å². The summed E-state index contributed by atoms with van der Waals surface area (Å²) in [4.78, 5) is 7.20. The fourth-order valence-electron chi connectivity index (χ4n) is 5.44. The van der Waals surface area contributed by atoms with Gasteiger partial charge in [0.05, 0.1) is 12.2 Å². The Bertz CT molecular complexity index is 832. The minimum absolute atomic E-state index is 0.0566. The van der Waals surface area contributed by atoms with Gasteiger partial charge in [-0.1, -0.05) is 19.9 Å². The van der Waals surface area contributed by atoms with Crippen molar-refractivity contribution in [2.75, 3.05) is 26.2 Å². The highest BCUT2D eigenvalue weighted by atomic mass is 16.5. The lowest BCUT2D eigenvalue weighted by atomic mass is 9.78. The Kier molecular flexibility index (Phi) is 9.75. The predicted octanol–water partition coefficient (Wildman–Crippen LogP) is 5.69. The molecule has 2 N–H and O–H groups in total. The molecule has 6 heteroatoms. The first-order valence-corrected chi connectivity index (χ1v) is 14.5. The number of hydrogen-bond acceptors (Lipinski definition) is 6. The van der Waals surface area contributed by atoms with Crippen molar-refractivity contribution in [2.45, 2.75) is 142 Å². The van der Waals surface area contributed by atoms with Gasteiger partial charge in [-0.2, -0.15) is 0 Å². The summed E-state index contributed by atoms with van der Waals surface area (Å²) in [5.74, 6) is 0.749. The van der Waals surface area contributed by atoms with Gasteiger partial charge in [0.1, 0.15) is 6.10 Å². The SMILES string of the molecule is CC(C)(CCC(C)(C)c1ccc(O[C@H]2C[C@H](NC(C)(C)C)C2)nc1)N[C@H]1CCN(CCOC(C)(C)C)C1. The van der Waals surface area contributed by atoms with E-state index in [1.165, 1.54) is 12.0 Å². The highest BCUT2D eigenvalue weighted by molar-refractivity contribution is 5.25. The first kappa shape index (κ1) is 30.3. The maximum Gasteiger partial charge on any atom is 0.213 e. The fourth-order valence-corrected chi connectivity index (χ4v) is 5.44. The zero-order valence-corrected chi connectivity index (χ0v) is 25.5.